The lowest BCUT2D eigenvalue weighted by molar-refractivity contribution is 0.0594. The average molecular weight is 385 g/mol. The summed E-state index contributed by atoms with van der Waals surface area (Å²) in [6, 6.07) is 5.56. The summed E-state index contributed by atoms with van der Waals surface area (Å²) in [7, 11) is 1.30. The fraction of sp³-hybridized carbons (Fsp3) is 0.350. The summed E-state index contributed by atoms with van der Waals surface area (Å²) in [5.41, 5.74) is 3.24. The van der Waals surface area contributed by atoms with Crippen LogP contribution in [0.3, 0.4) is 0 Å². The number of nitrogens with zero attached hydrogens (tertiary/aromatic N) is 2. The first kappa shape index (κ1) is 19.8. The van der Waals surface area contributed by atoms with Crippen molar-refractivity contribution >= 4 is 23.0 Å². The molecule has 8 heteroatoms. The number of aryl methyl sites for hydroxylation is 1. The highest BCUT2D eigenvalue weighted by atomic mass is 16.6. The maximum absolute atomic E-state index is 12.2. The molecule has 1 aromatic heterocycles. The van der Waals surface area contributed by atoms with Crippen molar-refractivity contribution in [2.45, 2.75) is 19.8 Å². The van der Waals surface area contributed by atoms with E-state index in [9.17, 15) is 9.90 Å². The number of nitrogens with one attached hydrogen (secondary N) is 1. The molecule has 0 radical (unpaired) electrons. The molecule has 8 nitrogen and oxygen atoms in total. The Bertz CT molecular complexity index is 882. The number of hydrogen-bond donors (Lipinski definition) is 2. The van der Waals surface area contributed by atoms with Crippen LogP contribution in [0.2, 0.25) is 0 Å². The zero-order valence-electron chi connectivity index (χ0n) is 15.9. The Morgan fingerprint density at radius 2 is 2.25 bits per heavy atom. The van der Waals surface area contributed by atoms with Crippen LogP contribution >= 0.6 is 0 Å². The molecule has 2 heterocycles. The van der Waals surface area contributed by atoms with Crippen LogP contribution in [-0.4, -0.2) is 48.2 Å². The SMILES string of the molecule is CCc1cnc(Nc2cccc(C3=CCOCC3)c2OCO)c(C(=O)OC)n1. The summed E-state index contributed by atoms with van der Waals surface area (Å²) in [5, 5.41) is 12.5. The van der Waals surface area contributed by atoms with E-state index in [1.807, 2.05) is 25.1 Å². The molecule has 1 aromatic carbocycles. The Morgan fingerprint density at radius 1 is 1.39 bits per heavy atom. The van der Waals surface area contributed by atoms with E-state index >= 15 is 0 Å². The number of aromatic nitrogens is 2. The lowest BCUT2D eigenvalue weighted by Crippen LogP contribution is -2.13. The third-order valence-electron chi connectivity index (χ3n) is 4.35. The number of aliphatic hydroxyl groups is 1. The molecule has 1 aliphatic heterocycles. The van der Waals surface area contributed by atoms with Crippen LogP contribution in [0.15, 0.2) is 30.5 Å². The minimum atomic E-state index is -0.585. The number of carbonyl (C=O) groups is 1. The summed E-state index contributed by atoms with van der Waals surface area (Å²) in [5.74, 6) is 0.137. The summed E-state index contributed by atoms with van der Waals surface area (Å²) in [4.78, 5) is 20.8. The highest BCUT2D eigenvalue weighted by Gasteiger charge is 2.20. The van der Waals surface area contributed by atoms with Crippen LogP contribution in [0.25, 0.3) is 5.57 Å². The summed E-state index contributed by atoms with van der Waals surface area (Å²) in [6.45, 7) is 2.59. The van der Waals surface area contributed by atoms with Gasteiger partial charge in [0.2, 0.25) is 0 Å². The van der Waals surface area contributed by atoms with Gasteiger partial charge < -0.3 is 24.6 Å². The summed E-state index contributed by atoms with van der Waals surface area (Å²) < 4.78 is 15.7. The first-order valence-electron chi connectivity index (χ1n) is 9.03. The molecule has 0 atom stereocenters. The van der Waals surface area contributed by atoms with Crippen LogP contribution in [0.5, 0.6) is 5.75 Å². The van der Waals surface area contributed by atoms with Gasteiger partial charge in [-0.2, -0.15) is 0 Å². The number of aliphatic hydroxyl groups excluding tert-OH is 1. The molecule has 0 amide bonds. The van der Waals surface area contributed by atoms with Crippen LogP contribution in [0.1, 0.15) is 35.1 Å². The maximum atomic E-state index is 12.2. The molecular formula is C20H23N3O5. The largest absolute Gasteiger partial charge is 0.465 e. The predicted molar refractivity (Wildman–Crippen MR) is 104 cm³/mol. The zero-order chi connectivity index (χ0) is 19.9. The normalized spacial score (nSPS) is 13.6. The molecule has 2 aromatic rings. The molecule has 1 aliphatic rings. The first-order chi connectivity index (χ1) is 13.7. The number of para-hydroxylation sites is 1. The van der Waals surface area contributed by atoms with Gasteiger partial charge in [-0.15, -0.1) is 0 Å². The number of methoxy groups -OCH3 is 1. The zero-order valence-corrected chi connectivity index (χ0v) is 15.9. The second-order valence-electron chi connectivity index (χ2n) is 6.04. The van der Waals surface area contributed by atoms with E-state index in [1.165, 1.54) is 7.11 Å². The minimum absolute atomic E-state index is 0.0903. The molecule has 0 saturated carbocycles. The van der Waals surface area contributed by atoms with Crippen molar-refractivity contribution in [1.82, 2.24) is 9.97 Å². The molecule has 0 bridgehead atoms. The smallest absolute Gasteiger partial charge is 0.360 e. The minimum Gasteiger partial charge on any atom is -0.465 e. The maximum Gasteiger partial charge on any atom is 0.360 e. The highest BCUT2D eigenvalue weighted by Crippen LogP contribution is 2.37. The van der Waals surface area contributed by atoms with Crippen molar-refractivity contribution in [1.29, 1.82) is 0 Å². The van der Waals surface area contributed by atoms with E-state index in [1.54, 1.807) is 12.3 Å². The molecule has 0 spiro atoms. The number of benzene rings is 1. The molecule has 3 rings (SSSR count). The van der Waals surface area contributed by atoms with Gasteiger partial charge in [0.25, 0.3) is 0 Å². The van der Waals surface area contributed by atoms with Crippen molar-refractivity contribution in [3.05, 3.63) is 47.4 Å². The molecule has 0 aliphatic carbocycles. The van der Waals surface area contributed by atoms with E-state index in [4.69, 9.17) is 14.2 Å². The first-order valence-corrected chi connectivity index (χ1v) is 9.03. The van der Waals surface area contributed by atoms with E-state index < -0.39 is 12.8 Å². The van der Waals surface area contributed by atoms with Crippen molar-refractivity contribution < 1.29 is 24.1 Å². The van der Waals surface area contributed by atoms with Crippen LogP contribution in [0.4, 0.5) is 11.5 Å². The quantitative estimate of drug-likeness (QED) is 0.554. The second kappa shape index (κ2) is 9.29. The topological polar surface area (TPSA) is 103 Å². The Labute approximate surface area is 163 Å². The Morgan fingerprint density at radius 3 is 2.93 bits per heavy atom. The van der Waals surface area contributed by atoms with Crippen molar-refractivity contribution in [3.8, 4) is 5.75 Å². The lowest BCUT2D eigenvalue weighted by Gasteiger charge is -2.20. The Hall–Kier alpha value is -2.97. The Balaban J connectivity index is 2.03. The standard InChI is InChI=1S/C20H23N3O5/c1-3-14-11-21-19(17(22-14)20(25)26-2)23-16-6-4-5-15(18(16)28-12-24)13-7-9-27-10-8-13/h4-7,11,24H,3,8-10,12H2,1-2H3,(H,21,23). The van der Waals surface area contributed by atoms with Crippen molar-refractivity contribution in [2.75, 3.05) is 32.4 Å². The van der Waals surface area contributed by atoms with Gasteiger partial charge in [0.05, 0.1) is 37.9 Å². The van der Waals surface area contributed by atoms with Crippen molar-refractivity contribution in [3.63, 3.8) is 0 Å². The van der Waals surface area contributed by atoms with Gasteiger partial charge in [-0.1, -0.05) is 25.1 Å². The number of hydrogen-bond acceptors (Lipinski definition) is 8. The molecule has 0 fully saturated rings. The van der Waals surface area contributed by atoms with Gasteiger partial charge in [-0.05, 0) is 24.5 Å². The fourth-order valence-corrected chi connectivity index (χ4v) is 2.93. The Kier molecular flexibility index (Phi) is 6.57. The van der Waals surface area contributed by atoms with Crippen molar-refractivity contribution in [2.24, 2.45) is 0 Å². The average Bonchev–Trinajstić information content (AvgIpc) is 2.75. The summed E-state index contributed by atoms with van der Waals surface area (Å²) >= 11 is 0. The number of anilines is 2. The highest BCUT2D eigenvalue weighted by molar-refractivity contribution is 5.93. The van der Waals surface area contributed by atoms with Crippen LogP contribution in [-0.2, 0) is 15.9 Å². The van der Waals surface area contributed by atoms with Gasteiger partial charge in [-0.3, -0.25) is 0 Å². The van der Waals surface area contributed by atoms with Gasteiger partial charge in [0.15, 0.2) is 24.1 Å². The van der Waals surface area contributed by atoms with Gasteiger partial charge in [0.1, 0.15) is 0 Å². The van der Waals surface area contributed by atoms with Crippen LogP contribution < -0.4 is 10.1 Å². The monoisotopic (exact) mass is 385 g/mol. The lowest BCUT2D eigenvalue weighted by atomic mass is 9.99. The molecule has 28 heavy (non-hydrogen) atoms. The third kappa shape index (κ3) is 4.29. The molecule has 148 valence electrons. The fourth-order valence-electron chi connectivity index (χ4n) is 2.93. The predicted octanol–water partition coefficient (Wildman–Crippen LogP) is 2.70. The van der Waals surface area contributed by atoms with Crippen LogP contribution in [0, 0.1) is 0 Å². The third-order valence-corrected chi connectivity index (χ3v) is 4.35. The van der Waals surface area contributed by atoms with E-state index in [-0.39, 0.29) is 11.5 Å². The molecule has 2 N–H and O–H groups in total. The van der Waals surface area contributed by atoms with Gasteiger partial charge >= 0.3 is 5.97 Å². The van der Waals surface area contributed by atoms with Gasteiger partial charge in [0, 0.05) is 5.56 Å². The second-order valence-corrected chi connectivity index (χ2v) is 6.04. The van der Waals surface area contributed by atoms with E-state index in [0.29, 0.717) is 36.8 Å². The van der Waals surface area contributed by atoms with Gasteiger partial charge in [-0.25, -0.2) is 14.8 Å². The molecule has 0 unspecified atom stereocenters. The number of carbonyl (C=O) groups excluding carboxylic acids is 1. The number of esters is 1. The number of rotatable bonds is 7. The number of ether oxygens (including phenoxy) is 3. The molecular weight excluding hydrogens is 362 g/mol. The summed E-state index contributed by atoms with van der Waals surface area (Å²) in [6.07, 6.45) is 4.97. The van der Waals surface area contributed by atoms with E-state index in [0.717, 1.165) is 17.6 Å². The molecule has 0 saturated heterocycles. The van der Waals surface area contributed by atoms with E-state index in [2.05, 4.69) is 15.3 Å².